The quantitative estimate of drug-likeness (QED) is 0.362. The lowest BCUT2D eigenvalue weighted by atomic mass is 10.1. The van der Waals surface area contributed by atoms with Crippen LogP contribution in [0.2, 0.25) is 0 Å². The largest absolute Gasteiger partial charge is 0.491 e. The minimum Gasteiger partial charge on any atom is -0.491 e. The average molecular weight is 412 g/mol. The van der Waals surface area contributed by atoms with Crippen LogP contribution in [-0.4, -0.2) is 29.1 Å². The molecule has 0 saturated heterocycles. The molecular weight excluding hydrogens is 392 g/mol. The Balaban J connectivity index is 2.05. The molecule has 150 valence electrons. The molecule has 7 nitrogen and oxygen atoms in total. The number of nitro groups is 1. The van der Waals surface area contributed by atoms with Gasteiger partial charge in [-0.1, -0.05) is 26.0 Å². The minimum absolute atomic E-state index is 0.0778. The third kappa shape index (κ3) is 4.02. The summed E-state index contributed by atoms with van der Waals surface area (Å²) in [7, 11) is 0. The van der Waals surface area contributed by atoms with Crippen molar-refractivity contribution in [3.05, 3.63) is 69.1 Å². The number of nitrogens with zero attached hydrogens (tertiary/aromatic N) is 2. The van der Waals surface area contributed by atoms with Gasteiger partial charge < -0.3 is 4.74 Å². The normalized spacial score (nSPS) is 13.9. The van der Waals surface area contributed by atoms with E-state index in [0.717, 1.165) is 11.3 Å². The average Bonchev–Trinajstić information content (AvgIpc) is 2.96. The lowest BCUT2D eigenvalue weighted by Crippen LogP contribution is -2.31. The van der Waals surface area contributed by atoms with Crippen LogP contribution in [0.5, 0.6) is 5.75 Å². The third-order valence-electron chi connectivity index (χ3n) is 4.26. The Labute approximate surface area is 172 Å². The van der Waals surface area contributed by atoms with Gasteiger partial charge in [0.25, 0.3) is 17.5 Å². The van der Waals surface area contributed by atoms with Crippen LogP contribution in [0.3, 0.4) is 0 Å². The Morgan fingerprint density at radius 1 is 1.03 bits per heavy atom. The number of carbonyl (C=O) groups excluding carboxylic acids is 2. The molecule has 2 amide bonds. The summed E-state index contributed by atoms with van der Waals surface area (Å²) < 4.78 is 5.73. The first-order chi connectivity index (χ1) is 14.0. The molecule has 0 bridgehead atoms. The van der Waals surface area contributed by atoms with Crippen molar-refractivity contribution in [3.63, 3.8) is 0 Å². The fourth-order valence-electron chi connectivity index (χ4n) is 2.99. The molecule has 0 radical (unpaired) electrons. The van der Waals surface area contributed by atoms with Crippen molar-refractivity contribution in [2.75, 3.05) is 17.3 Å². The third-order valence-corrected chi connectivity index (χ3v) is 5.22. The first-order valence-electron chi connectivity index (χ1n) is 9.22. The highest BCUT2D eigenvalue weighted by atomic mass is 32.2. The minimum atomic E-state index is -0.505. The second kappa shape index (κ2) is 8.91. The number of hydrogen-bond acceptors (Lipinski definition) is 6. The van der Waals surface area contributed by atoms with Crippen molar-refractivity contribution in [2.45, 2.75) is 20.3 Å². The molecule has 2 aromatic carbocycles. The Morgan fingerprint density at radius 2 is 1.72 bits per heavy atom. The van der Waals surface area contributed by atoms with E-state index in [4.69, 9.17) is 4.74 Å². The second-order valence-electron chi connectivity index (χ2n) is 6.20. The maximum Gasteiger partial charge on any atom is 0.272 e. The molecule has 0 saturated carbocycles. The van der Waals surface area contributed by atoms with Gasteiger partial charge in [-0.3, -0.25) is 19.7 Å². The summed E-state index contributed by atoms with van der Waals surface area (Å²) in [4.78, 5) is 38.3. The van der Waals surface area contributed by atoms with E-state index in [1.807, 2.05) is 13.8 Å². The van der Waals surface area contributed by atoms with Crippen molar-refractivity contribution in [1.82, 2.24) is 0 Å². The molecule has 1 heterocycles. The molecule has 0 N–H and O–H groups in total. The zero-order valence-electron chi connectivity index (χ0n) is 16.1. The fourth-order valence-corrected chi connectivity index (χ4v) is 3.84. The number of imide groups is 1. The monoisotopic (exact) mass is 412 g/mol. The molecule has 29 heavy (non-hydrogen) atoms. The van der Waals surface area contributed by atoms with Gasteiger partial charge in [-0.05, 0) is 42.0 Å². The summed E-state index contributed by atoms with van der Waals surface area (Å²) in [6.45, 7) is 4.33. The second-order valence-corrected chi connectivity index (χ2v) is 7.48. The number of carbonyl (C=O) groups is 2. The standard InChI is InChI=1S/C21H20N2O5S/c1-3-13-28-17-8-6-5-7-16(17)22-20(24)18(19(21(22)25)29-4-2)14-9-11-15(12-10-14)23(26)27/h5-12H,3-4,13H2,1-2H3. The van der Waals surface area contributed by atoms with Gasteiger partial charge in [0.1, 0.15) is 5.75 Å². The number of rotatable bonds is 8. The molecule has 8 heteroatoms. The molecule has 0 fully saturated rings. The van der Waals surface area contributed by atoms with Gasteiger partial charge in [0.15, 0.2) is 0 Å². The lowest BCUT2D eigenvalue weighted by molar-refractivity contribution is -0.384. The first kappa shape index (κ1) is 20.6. The van der Waals surface area contributed by atoms with Crippen molar-refractivity contribution in [2.24, 2.45) is 0 Å². The van der Waals surface area contributed by atoms with Crippen molar-refractivity contribution < 1.29 is 19.2 Å². The molecule has 1 aliphatic rings. The lowest BCUT2D eigenvalue weighted by Gasteiger charge is -2.19. The summed E-state index contributed by atoms with van der Waals surface area (Å²) in [5, 5.41) is 10.9. The molecule has 3 rings (SSSR count). The van der Waals surface area contributed by atoms with Crippen molar-refractivity contribution in [3.8, 4) is 5.75 Å². The molecule has 1 aliphatic heterocycles. The van der Waals surface area contributed by atoms with E-state index in [1.165, 1.54) is 36.0 Å². The highest BCUT2D eigenvalue weighted by Crippen LogP contribution is 2.41. The molecule has 0 spiro atoms. The van der Waals surface area contributed by atoms with Gasteiger partial charge in [-0.15, -0.1) is 11.8 Å². The number of ether oxygens (including phenoxy) is 1. The Morgan fingerprint density at radius 3 is 2.34 bits per heavy atom. The van der Waals surface area contributed by atoms with Crippen LogP contribution in [0.25, 0.3) is 5.57 Å². The van der Waals surface area contributed by atoms with Gasteiger partial charge >= 0.3 is 0 Å². The maximum absolute atomic E-state index is 13.3. The smallest absolute Gasteiger partial charge is 0.272 e. The highest BCUT2D eigenvalue weighted by molar-refractivity contribution is 8.04. The van der Waals surface area contributed by atoms with E-state index in [-0.39, 0.29) is 11.3 Å². The van der Waals surface area contributed by atoms with Crippen molar-refractivity contribution in [1.29, 1.82) is 0 Å². The van der Waals surface area contributed by atoms with Crippen LogP contribution >= 0.6 is 11.8 Å². The predicted molar refractivity (Wildman–Crippen MR) is 113 cm³/mol. The van der Waals surface area contributed by atoms with Crippen molar-refractivity contribution >= 4 is 40.5 Å². The van der Waals surface area contributed by atoms with Gasteiger partial charge in [-0.25, -0.2) is 4.90 Å². The highest BCUT2D eigenvalue weighted by Gasteiger charge is 2.41. The van der Waals surface area contributed by atoms with Gasteiger partial charge in [-0.2, -0.15) is 0 Å². The van der Waals surface area contributed by atoms with Gasteiger partial charge in [0.05, 0.1) is 27.7 Å². The summed E-state index contributed by atoms with van der Waals surface area (Å²) in [6.07, 6.45) is 0.791. The van der Waals surface area contributed by atoms with Crippen LogP contribution in [0.15, 0.2) is 53.4 Å². The summed E-state index contributed by atoms with van der Waals surface area (Å²) in [5.74, 6) is 0.184. The number of para-hydroxylation sites is 2. The molecule has 0 aromatic heterocycles. The van der Waals surface area contributed by atoms with Crippen LogP contribution in [0.4, 0.5) is 11.4 Å². The van der Waals surface area contributed by atoms with E-state index >= 15 is 0 Å². The van der Waals surface area contributed by atoms with Crippen LogP contribution in [0.1, 0.15) is 25.8 Å². The SMILES string of the molecule is CCCOc1ccccc1N1C(=O)C(SCC)=C(c2ccc([N+](=O)[O-])cc2)C1=O. The van der Waals surface area contributed by atoms with Crippen LogP contribution in [0, 0.1) is 10.1 Å². The fraction of sp³-hybridized carbons (Fsp3) is 0.238. The number of amides is 2. The topological polar surface area (TPSA) is 89.8 Å². The molecule has 0 aliphatic carbocycles. The molecule has 0 atom stereocenters. The summed E-state index contributed by atoms with van der Waals surface area (Å²) >= 11 is 1.28. The zero-order chi connectivity index (χ0) is 21.0. The number of benzene rings is 2. The van der Waals surface area contributed by atoms with E-state index in [9.17, 15) is 19.7 Å². The Bertz CT molecular complexity index is 985. The number of thioether (sulfide) groups is 1. The summed E-state index contributed by atoms with van der Waals surface area (Å²) in [6, 6.07) is 12.6. The van der Waals surface area contributed by atoms with Crippen LogP contribution < -0.4 is 9.64 Å². The zero-order valence-corrected chi connectivity index (χ0v) is 16.9. The molecule has 0 unspecified atom stereocenters. The van der Waals surface area contributed by atoms with Crippen LogP contribution in [-0.2, 0) is 9.59 Å². The van der Waals surface area contributed by atoms with E-state index < -0.39 is 16.7 Å². The van der Waals surface area contributed by atoms with Gasteiger partial charge in [0.2, 0.25) is 0 Å². The number of non-ortho nitro benzene ring substituents is 1. The predicted octanol–water partition coefficient (Wildman–Crippen LogP) is 4.42. The summed E-state index contributed by atoms with van der Waals surface area (Å²) in [5.41, 5.74) is 1.04. The maximum atomic E-state index is 13.3. The van der Waals surface area contributed by atoms with Gasteiger partial charge in [0, 0.05) is 12.1 Å². The number of nitro benzene ring substituents is 1. The number of anilines is 1. The first-order valence-corrected chi connectivity index (χ1v) is 10.2. The molecule has 2 aromatic rings. The van der Waals surface area contributed by atoms with E-state index in [1.54, 1.807) is 24.3 Å². The Kier molecular flexibility index (Phi) is 6.33. The van der Waals surface area contributed by atoms with E-state index in [2.05, 4.69) is 0 Å². The van der Waals surface area contributed by atoms with E-state index in [0.29, 0.717) is 34.3 Å². The molecular formula is C21H20N2O5S. The Hall–Kier alpha value is -3.13. The number of hydrogen-bond donors (Lipinski definition) is 0.